The SMILES string of the molecule is CCOC(CN1C(=O)C(NC(=O)OC(C)(C)C)(C(F)(F)C(=O)c2ccc(OC)cc2)c2ccccc21)OCC. The molecule has 0 spiro atoms. The van der Waals surface area contributed by atoms with Gasteiger partial charge in [-0.1, -0.05) is 18.2 Å². The standard InChI is InChI=1S/C28H34F2N2O7/c1-7-37-22(38-8-2)17-32-21-12-10-9-11-20(21)27(24(32)34,31-25(35)39-26(3,4)5)28(29,30)23(33)18-13-15-19(36-6)16-14-18/h9-16,22H,7-8,17H2,1-6H3,(H,31,35). The molecule has 212 valence electrons. The van der Waals surface area contributed by atoms with Crippen LogP contribution in [0.1, 0.15) is 50.5 Å². The van der Waals surface area contributed by atoms with E-state index in [9.17, 15) is 14.4 Å². The number of Topliss-reactive ketones (excluding diaryl/α,β-unsaturated/α-hetero) is 1. The minimum absolute atomic E-state index is 0.0742. The van der Waals surface area contributed by atoms with Gasteiger partial charge >= 0.3 is 12.0 Å². The van der Waals surface area contributed by atoms with Gasteiger partial charge in [-0.25, -0.2) is 4.79 Å². The van der Waals surface area contributed by atoms with Crippen LogP contribution in [0.4, 0.5) is 19.3 Å². The zero-order chi connectivity index (χ0) is 29.0. The van der Waals surface area contributed by atoms with Crippen LogP contribution in [0.5, 0.6) is 5.75 Å². The summed E-state index contributed by atoms with van der Waals surface area (Å²) in [7, 11) is 1.39. The van der Waals surface area contributed by atoms with Crippen LogP contribution < -0.4 is 15.0 Å². The molecule has 3 rings (SSSR count). The molecule has 2 aromatic rings. The molecule has 0 fully saturated rings. The number of hydrogen-bond acceptors (Lipinski definition) is 7. The number of carbonyl (C=O) groups is 3. The topological polar surface area (TPSA) is 103 Å². The van der Waals surface area contributed by atoms with Crippen LogP contribution in [0.25, 0.3) is 0 Å². The number of para-hydroxylation sites is 1. The number of methoxy groups -OCH3 is 1. The molecule has 11 heteroatoms. The molecule has 1 aliphatic rings. The van der Waals surface area contributed by atoms with Gasteiger partial charge in [0.25, 0.3) is 5.91 Å². The first kappa shape index (κ1) is 30.0. The number of anilines is 1. The number of ketones is 1. The normalized spacial score (nSPS) is 17.3. The molecule has 1 atom stereocenters. The van der Waals surface area contributed by atoms with E-state index in [2.05, 4.69) is 5.32 Å². The predicted octanol–water partition coefficient (Wildman–Crippen LogP) is 4.68. The molecule has 1 N–H and O–H groups in total. The minimum Gasteiger partial charge on any atom is -0.497 e. The Hall–Kier alpha value is -3.57. The van der Waals surface area contributed by atoms with Crippen molar-refractivity contribution in [3.63, 3.8) is 0 Å². The molecule has 0 saturated carbocycles. The number of alkyl halides is 2. The second kappa shape index (κ2) is 11.7. The van der Waals surface area contributed by atoms with Crippen LogP contribution >= 0.6 is 0 Å². The molecule has 1 unspecified atom stereocenters. The Kier molecular flexibility index (Phi) is 8.97. The van der Waals surface area contributed by atoms with Crippen LogP contribution in [-0.4, -0.2) is 62.5 Å². The zero-order valence-electron chi connectivity index (χ0n) is 22.9. The van der Waals surface area contributed by atoms with Crippen molar-refractivity contribution in [2.45, 2.75) is 58.0 Å². The van der Waals surface area contributed by atoms with Gasteiger partial charge < -0.3 is 23.8 Å². The van der Waals surface area contributed by atoms with Crippen LogP contribution in [0.2, 0.25) is 0 Å². The summed E-state index contributed by atoms with van der Waals surface area (Å²) in [6, 6.07) is 10.8. The molecule has 2 aromatic carbocycles. The lowest BCUT2D eigenvalue weighted by Gasteiger charge is -2.36. The Labute approximate surface area is 226 Å². The number of nitrogens with one attached hydrogen (secondary N) is 1. The average molecular weight is 549 g/mol. The predicted molar refractivity (Wildman–Crippen MR) is 139 cm³/mol. The van der Waals surface area contributed by atoms with Crippen LogP contribution in [0, 0.1) is 0 Å². The maximum absolute atomic E-state index is 16.6. The fraction of sp³-hybridized carbons (Fsp3) is 0.464. The number of hydrogen-bond donors (Lipinski definition) is 1. The van der Waals surface area contributed by atoms with Gasteiger partial charge in [0.05, 0.1) is 19.3 Å². The van der Waals surface area contributed by atoms with Crippen molar-refractivity contribution in [2.75, 3.05) is 31.8 Å². The van der Waals surface area contributed by atoms with E-state index in [0.29, 0.717) is 5.75 Å². The third-order valence-corrected chi connectivity index (χ3v) is 6.00. The van der Waals surface area contributed by atoms with Gasteiger partial charge in [-0.2, -0.15) is 8.78 Å². The van der Waals surface area contributed by atoms with Crippen LogP contribution in [-0.2, 0) is 24.5 Å². The van der Waals surface area contributed by atoms with E-state index in [0.717, 1.165) is 4.90 Å². The smallest absolute Gasteiger partial charge is 0.408 e. The first-order valence-corrected chi connectivity index (χ1v) is 12.5. The first-order valence-electron chi connectivity index (χ1n) is 12.5. The van der Waals surface area contributed by atoms with Gasteiger partial charge in [0.1, 0.15) is 11.4 Å². The molecule has 1 aliphatic heterocycles. The van der Waals surface area contributed by atoms with E-state index in [-0.39, 0.29) is 36.6 Å². The van der Waals surface area contributed by atoms with Crippen molar-refractivity contribution < 1.29 is 42.1 Å². The summed E-state index contributed by atoms with van der Waals surface area (Å²) in [6.07, 6.45) is -2.24. The lowest BCUT2D eigenvalue weighted by Crippen LogP contribution is -2.66. The quantitative estimate of drug-likeness (QED) is 0.321. The number of fused-ring (bicyclic) bond motifs is 1. The number of alkyl carbamates (subject to hydrolysis) is 1. The van der Waals surface area contributed by atoms with E-state index in [1.54, 1.807) is 40.7 Å². The number of carbonyl (C=O) groups excluding carboxylic acids is 3. The van der Waals surface area contributed by atoms with Crippen molar-refractivity contribution in [3.05, 3.63) is 59.7 Å². The fourth-order valence-electron chi connectivity index (χ4n) is 4.36. The molecule has 0 saturated heterocycles. The molecule has 9 nitrogen and oxygen atoms in total. The number of halogens is 2. The zero-order valence-corrected chi connectivity index (χ0v) is 22.9. The summed E-state index contributed by atoms with van der Waals surface area (Å²) in [5, 5.41) is 2.11. The third kappa shape index (κ3) is 5.89. The van der Waals surface area contributed by atoms with E-state index in [1.165, 1.54) is 49.6 Å². The van der Waals surface area contributed by atoms with Crippen molar-refractivity contribution in [1.82, 2.24) is 5.32 Å². The van der Waals surface area contributed by atoms with E-state index < -0.39 is 41.1 Å². The van der Waals surface area contributed by atoms with Gasteiger partial charge in [-0.3, -0.25) is 14.9 Å². The highest BCUT2D eigenvalue weighted by Gasteiger charge is 2.70. The summed E-state index contributed by atoms with van der Waals surface area (Å²) < 4.78 is 54.6. The average Bonchev–Trinajstić information content (AvgIpc) is 3.11. The Morgan fingerprint density at radius 2 is 1.59 bits per heavy atom. The van der Waals surface area contributed by atoms with Crippen molar-refractivity contribution in [1.29, 1.82) is 0 Å². The van der Waals surface area contributed by atoms with Gasteiger partial charge in [-0.15, -0.1) is 0 Å². The number of benzene rings is 2. The molecule has 2 amide bonds. The number of rotatable bonds is 11. The van der Waals surface area contributed by atoms with Gasteiger partial charge in [-0.05, 0) is 65.0 Å². The molecular weight excluding hydrogens is 514 g/mol. The summed E-state index contributed by atoms with van der Waals surface area (Å²) in [6.45, 7) is 8.30. The molecular formula is C28H34F2N2O7. The summed E-state index contributed by atoms with van der Waals surface area (Å²) in [5.74, 6) is -7.00. The van der Waals surface area contributed by atoms with Crippen molar-refractivity contribution in [3.8, 4) is 5.75 Å². The number of ether oxygens (including phenoxy) is 4. The molecule has 39 heavy (non-hydrogen) atoms. The van der Waals surface area contributed by atoms with Crippen LogP contribution in [0.15, 0.2) is 48.5 Å². The fourth-order valence-corrected chi connectivity index (χ4v) is 4.36. The second-order valence-corrected chi connectivity index (χ2v) is 9.78. The second-order valence-electron chi connectivity index (χ2n) is 9.78. The third-order valence-electron chi connectivity index (χ3n) is 6.00. The molecule has 0 bridgehead atoms. The van der Waals surface area contributed by atoms with Crippen LogP contribution in [0.3, 0.4) is 0 Å². The Balaban J connectivity index is 2.19. The van der Waals surface area contributed by atoms with Crippen molar-refractivity contribution >= 4 is 23.5 Å². The van der Waals surface area contributed by atoms with Gasteiger partial charge in [0, 0.05) is 24.3 Å². The summed E-state index contributed by atoms with van der Waals surface area (Å²) in [4.78, 5) is 41.5. The van der Waals surface area contributed by atoms with E-state index >= 15 is 8.78 Å². The number of nitrogens with zero attached hydrogens (tertiary/aromatic N) is 1. The van der Waals surface area contributed by atoms with E-state index in [4.69, 9.17) is 18.9 Å². The largest absolute Gasteiger partial charge is 0.497 e. The maximum Gasteiger partial charge on any atom is 0.408 e. The Morgan fingerprint density at radius 3 is 2.13 bits per heavy atom. The highest BCUT2D eigenvalue weighted by Crippen LogP contribution is 2.50. The lowest BCUT2D eigenvalue weighted by molar-refractivity contribution is -0.145. The van der Waals surface area contributed by atoms with Gasteiger partial charge in [0.2, 0.25) is 11.3 Å². The highest BCUT2D eigenvalue weighted by atomic mass is 19.3. The minimum atomic E-state index is -4.45. The lowest BCUT2D eigenvalue weighted by atomic mass is 9.81. The molecule has 0 aliphatic carbocycles. The van der Waals surface area contributed by atoms with E-state index in [1.807, 2.05) is 0 Å². The number of amides is 2. The highest BCUT2D eigenvalue weighted by molar-refractivity contribution is 6.16. The van der Waals surface area contributed by atoms with Gasteiger partial charge in [0.15, 0.2) is 6.29 Å². The Bertz CT molecular complexity index is 1190. The maximum atomic E-state index is 16.6. The summed E-state index contributed by atoms with van der Waals surface area (Å²) >= 11 is 0. The summed E-state index contributed by atoms with van der Waals surface area (Å²) in [5.41, 5.74) is -4.76. The monoisotopic (exact) mass is 548 g/mol. The molecule has 0 aromatic heterocycles. The Morgan fingerprint density at radius 1 is 1.00 bits per heavy atom. The molecule has 1 heterocycles. The van der Waals surface area contributed by atoms with Crippen molar-refractivity contribution in [2.24, 2.45) is 0 Å². The first-order chi connectivity index (χ1) is 18.3. The molecule has 0 radical (unpaired) electrons.